The first-order valence-corrected chi connectivity index (χ1v) is 5.93. The van der Waals surface area contributed by atoms with Crippen LogP contribution in [0.15, 0.2) is 12.1 Å². The van der Waals surface area contributed by atoms with Crippen LogP contribution in [-0.2, 0) is 16.0 Å². The second kappa shape index (κ2) is 4.40. The van der Waals surface area contributed by atoms with Crippen molar-refractivity contribution in [3.63, 3.8) is 0 Å². The maximum atomic E-state index is 12.5. The summed E-state index contributed by atoms with van der Waals surface area (Å²) >= 11 is 0. The molecule has 0 saturated carbocycles. The Morgan fingerprint density at radius 2 is 2.00 bits per heavy atom. The summed E-state index contributed by atoms with van der Waals surface area (Å²) in [4.78, 5) is 0. The summed E-state index contributed by atoms with van der Waals surface area (Å²) in [7, 11) is -6.45. The predicted octanol–water partition coefficient (Wildman–Crippen LogP) is -0.944. The van der Waals surface area contributed by atoms with Gasteiger partial charge in [0.2, 0.25) is 0 Å². The van der Waals surface area contributed by atoms with Gasteiger partial charge in [-0.2, -0.15) is 8.42 Å². The molecule has 0 bridgehead atoms. The lowest BCUT2D eigenvalue weighted by Crippen LogP contribution is -2.31. The molecule has 0 saturated heterocycles. The molecule has 0 aliphatic rings. The molecule has 0 fully saturated rings. The Kier molecular flexibility index (Phi) is 3.56. The van der Waals surface area contributed by atoms with Crippen LogP contribution in [0, 0.1) is 6.92 Å². The van der Waals surface area contributed by atoms with Gasteiger partial charge in [-0.25, -0.2) is 0 Å². The van der Waals surface area contributed by atoms with Gasteiger partial charge in [-0.05, 0) is 29.6 Å². The summed E-state index contributed by atoms with van der Waals surface area (Å²) < 4.78 is 33.6. The Balaban J connectivity index is 3.27. The quantitative estimate of drug-likeness (QED) is 0.363. The minimum absolute atomic E-state index is 0.0294. The lowest BCUT2D eigenvalue weighted by atomic mass is 9.78. The molecule has 1 aromatic rings. The van der Waals surface area contributed by atoms with Crippen molar-refractivity contribution in [3.05, 3.63) is 23.3 Å². The molecule has 0 aliphatic heterocycles. The fourth-order valence-corrected chi connectivity index (χ4v) is 1.98. The van der Waals surface area contributed by atoms with E-state index >= 15 is 0 Å². The maximum absolute atomic E-state index is 12.5. The van der Waals surface area contributed by atoms with E-state index in [4.69, 9.17) is 15.8 Å². The van der Waals surface area contributed by atoms with Crippen molar-refractivity contribution < 1.29 is 22.4 Å². The summed E-state index contributed by atoms with van der Waals surface area (Å²) in [5.41, 5.74) is 6.28. The van der Waals surface area contributed by atoms with Gasteiger partial charge in [0.1, 0.15) is 5.75 Å². The van der Waals surface area contributed by atoms with Gasteiger partial charge in [0.05, 0.1) is 0 Å². The van der Waals surface area contributed by atoms with Crippen molar-refractivity contribution in [1.29, 1.82) is 0 Å². The molecule has 1 aromatic carbocycles. The first kappa shape index (κ1) is 13.0. The number of anilines is 1. The maximum Gasteiger partial charge on any atom is 0.488 e. The minimum atomic E-state index is -4.68. The van der Waals surface area contributed by atoms with E-state index < -0.39 is 23.1 Å². The smallest absolute Gasteiger partial charge is 0.423 e. The van der Waals surface area contributed by atoms with Crippen molar-refractivity contribution in [2.45, 2.75) is 12.7 Å². The molecule has 88 valence electrons. The minimum Gasteiger partial charge on any atom is -0.423 e. The van der Waals surface area contributed by atoms with Crippen molar-refractivity contribution in [3.8, 4) is 0 Å². The van der Waals surface area contributed by atoms with Gasteiger partial charge in [-0.15, -0.1) is 3.89 Å². The van der Waals surface area contributed by atoms with Crippen molar-refractivity contribution in [2.75, 3.05) is 5.73 Å². The third-order valence-electron chi connectivity index (χ3n) is 2.20. The zero-order valence-electron chi connectivity index (χ0n) is 8.51. The van der Waals surface area contributed by atoms with E-state index in [1.165, 1.54) is 19.1 Å². The summed E-state index contributed by atoms with van der Waals surface area (Å²) in [6.07, 6.45) is 0. The first-order valence-electron chi connectivity index (χ1n) is 4.38. The zero-order valence-corrected chi connectivity index (χ0v) is 9.33. The van der Waals surface area contributed by atoms with Gasteiger partial charge in [-0.1, -0.05) is 6.07 Å². The van der Waals surface area contributed by atoms with Crippen molar-refractivity contribution >= 4 is 28.5 Å². The highest BCUT2D eigenvalue weighted by atomic mass is 32.3. The van der Waals surface area contributed by atoms with Crippen LogP contribution in [0.5, 0.6) is 0 Å². The van der Waals surface area contributed by atoms with Crippen LogP contribution in [0.1, 0.15) is 11.1 Å². The fraction of sp³-hybridized carbons (Fsp3) is 0.250. The number of nitrogens with two attached hydrogens (primary N) is 1. The molecule has 16 heavy (non-hydrogen) atoms. The largest absolute Gasteiger partial charge is 0.488 e. The highest BCUT2D eigenvalue weighted by Crippen LogP contribution is 2.17. The third kappa shape index (κ3) is 3.19. The van der Waals surface area contributed by atoms with Crippen LogP contribution in [0.4, 0.5) is 9.57 Å². The van der Waals surface area contributed by atoms with Crippen LogP contribution in [0.3, 0.4) is 0 Å². The molecule has 0 aromatic heterocycles. The predicted molar refractivity (Wildman–Crippen MR) is 59.1 cm³/mol. The lowest BCUT2D eigenvalue weighted by Gasteiger charge is -2.10. The second-order valence-electron chi connectivity index (χ2n) is 3.45. The molecule has 8 heteroatoms. The molecule has 0 aliphatic carbocycles. The standard InChI is InChI=1S/C8H11BFNO4S/c1-5-6(4-16(10,14)15)2-7(9(12)13)3-8(5)11/h2-3,12-13H,4,11H2,1H3. The van der Waals surface area contributed by atoms with Crippen LogP contribution in [0.25, 0.3) is 0 Å². The van der Waals surface area contributed by atoms with Crippen molar-refractivity contribution in [1.82, 2.24) is 0 Å². The number of hydrogen-bond acceptors (Lipinski definition) is 5. The van der Waals surface area contributed by atoms with Crippen LogP contribution < -0.4 is 11.2 Å². The first-order chi connectivity index (χ1) is 7.20. The monoisotopic (exact) mass is 247 g/mol. The average molecular weight is 247 g/mol. The molecule has 4 N–H and O–H groups in total. The summed E-state index contributed by atoms with van der Waals surface area (Å²) in [6.45, 7) is 1.53. The number of nitrogen functional groups attached to an aromatic ring is 1. The van der Waals surface area contributed by atoms with E-state index in [9.17, 15) is 12.3 Å². The molecular weight excluding hydrogens is 236 g/mol. The third-order valence-corrected chi connectivity index (χ3v) is 2.86. The Labute approximate surface area is 93.1 Å². The van der Waals surface area contributed by atoms with Crippen LogP contribution in [0.2, 0.25) is 0 Å². The van der Waals surface area contributed by atoms with Crippen molar-refractivity contribution in [2.24, 2.45) is 0 Å². The zero-order chi connectivity index (χ0) is 12.5. The number of halogens is 1. The van der Waals surface area contributed by atoms with E-state index in [2.05, 4.69) is 0 Å². The summed E-state index contributed by atoms with van der Waals surface area (Å²) in [5.74, 6) is -0.830. The Morgan fingerprint density at radius 1 is 1.44 bits per heavy atom. The molecule has 0 heterocycles. The average Bonchev–Trinajstić information content (AvgIpc) is 2.10. The molecule has 5 nitrogen and oxygen atoms in total. The van der Waals surface area contributed by atoms with Gasteiger partial charge < -0.3 is 15.8 Å². The normalized spacial score (nSPS) is 11.5. The summed E-state index contributed by atoms with van der Waals surface area (Å²) in [6, 6.07) is 2.50. The van der Waals surface area contributed by atoms with E-state index in [1.807, 2.05) is 0 Å². The van der Waals surface area contributed by atoms with E-state index in [-0.39, 0.29) is 16.7 Å². The highest BCUT2D eigenvalue weighted by molar-refractivity contribution is 7.85. The molecule has 0 radical (unpaired) electrons. The van der Waals surface area contributed by atoms with Gasteiger partial charge in [-0.3, -0.25) is 0 Å². The van der Waals surface area contributed by atoms with Gasteiger partial charge >= 0.3 is 17.3 Å². The van der Waals surface area contributed by atoms with Gasteiger partial charge in [0.25, 0.3) is 0 Å². The molecular formula is C8H11BFNO4S. The highest BCUT2D eigenvalue weighted by Gasteiger charge is 2.18. The van der Waals surface area contributed by atoms with E-state index in [0.717, 1.165) is 0 Å². The fourth-order valence-electron chi connectivity index (χ4n) is 1.31. The Hall–Kier alpha value is -1.12. The SMILES string of the molecule is Cc1c(N)cc(B(O)O)cc1CS(=O)(=O)F. The number of hydrogen-bond donors (Lipinski definition) is 3. The van der Waals surface area contributed by atoms with Crippen LogP contribution in [-0.4, -0.2) is 25.6 Å². The molecule has 1 rings (SSSR count). The van der Waals surface area contributed by atoms with E-state index in [1.54, 1.807) is 0 Å². The lowest BCUT2D eigenvalue weighted by molar-refractivity contribution is 0.425. The molecule has 0 spiro atoms. The van der Waals surface area contributed by atoms with Gasteiger partial charge in [0, 0.05) is 5.69 Å². The Bertz CT molecular complexity index is 503. The Morgan fingerprint density at radius 3 is 2.44 bits per heavy atom. The van der Waals surface area contributed by atoms with Crippen LogP contribution >= 0.6 is 0 Å². The molecule has 0 amide bonds. The number of benzene rings is 1. The van der Waals surface area contributed by atoms with E-state index in [0.29, 0.717) is 5.56 Å². The molecule has 0 atom stereocenters. The summed E-state index contributed by atoms with van der Waals surface area (Å²) in [5, 5.41) is 17.8. The van der Waals surface area contributed by atoms with Gasteiger partial charge in [0.15, 0.2) is 0 Å². The number of rotatable bonds is 3. The topological polar surface area (TPSA) is 101 Å². The molecule has 0 unspecified atom stereocenters. The second-order valence-corrected chi connectivity index (χ2v) is 4.82.